The highest BCUT2D eigenvalue weighted by Crippen LogP contribution is 2.41. The molecule has 0 spiro atoms. The normalized spacial score (nSPS) is 30.7. The molecule has 2 fully saturated rings. The number of hydrogen-bond donors (Lipinski definition) is 2. The van der Waals surface area contributed by atoms with Crippen molar-refractivity contribution in [1.29, 1.82) is 0 Å². The van der Waals surface area contributed by atoms with Crippen LogP contribution >= 0.6 is 12.4 Å². The molecule has 0 saturated carbocycles. The molecular formula is C19H28ClN3O. The molecule has 3 aliphatic heterocycles. The molecule has 0 aromatic heterocycles. The van der Waals surface area contributed by atoms with Gasteiger partial charge in [0, 0.05) is 18.8 Å². The molecule has 2 saturated heterocycles. The molecule has 0 bridgehead atoms. The van der Waals surface area contributed by atoms with E-state index in [0.29, 0.717) is 11.3 Å². The molecule has 0 aliphatic carbocycles. The van der Waals surface area contributed by atoms with Gasteiger partial charge in [0.2, 0.25) is 5.91 Å². The van der Waals surface area contributed by atoms with Crippen LogP contribution in [0.3, 0.4) is 0 Å². The largest absolute Gasteiger partial charge is 0.325 e. The van der Waals surface area contributed by atoms with Crippen molar-refractivity contribution in [3.8, 4) is 0 Å². The SMILES string of the molecule is CC1(CN2CCC(C3C(=O)Nc4ccccc43)CC2)CCNC1.Cl. The van der Waals surface area contributed by atoms with Gasteiger partial charge in [0.05, 0.1) is 5.92 Å². The molecule has 4 nitrogen and oxygen atoms in total. The number of benzene rings is 1. The second kappa shape index (κ2) is 7.03. The fourth-order valence-corrected chi connectivity index (χ4v) is 4.69. The molecule has 24 heavy (non-hydrogen) atoms. The fraction of sp³-hybridized carbons (Fsp3) is 0.632. The van der Waals surface area contributed by atoms with Gasteiger partial charge in [-0.05, 0) is 61.9 Å². The van der Waals surface area contributed by atoms with Crippen LogP contribution in [0.4, 0.5) is 5.69 Å². The van der Waals surface area contributed by atoms with Gasteiger partial charge in [0.25, 0.3) is 0 Å². The maximum absolute atomic E-state index is 12.4. The van der Waals surface area contributed by atoms with Crippen LogP contribution in [-0.4, -0.2) is 43.5 Å². The highest BCUT2D eigenvalue weighted by Gasteiger charge is 2.39. The van der Waals surface area contributed by atoms with Crippen LogP contribution in [0.2, 0.25) is 0 Å². The first kappa shape index (κ1) is 17.7. The Morgan fingerprint density at radius 3 is 2.71 bits per heavy atom. The van der Waals surface area contributed by atoms with Crippen molar-refractivity contribution < 1.29 is 4.79 Å². The Labute approximate surface area is 150 Å². The third kappa shape index (κ3) is 3.32. The zero-order chi connectivity index (χ0) is 15.9. The Bertz CT molecular complexity index is 592. The Morgan fingerprint density at radius 1 is 1.25 bits per heavy atom. The van der Waals surface area contributed by atoms with Crippen molar-refractivity contribution in [2.75, 3.05) is 38.0 Å². The lowest BCUT2D eigenvalue weighted by Crippen LogP contribution is -2.43. The number of nitrogens with zero attached hydrogens (tertiary/aromatic N) is 1. The minimum absolute atomic E-state index is 0. The van der Waals surface area contributed by atoms with Gasteiger partial charge in [-0.2, -0.15) is 0 Å². The van der Waals surface area contributed by atoms with Crippen molar-refractivity contribution >= 4 is 24.0 Å². The van der Waals surface area contributed by atoms with Gasteiger partial charge in [-0.25, -0.2) is 0 Å². The van der Waals surface area contributed by atoms with Crippen LogP contribution in [0.5, 0.6) is 0 Å². The number of amides is 1. The zero-order valence-electron chi connectivity index (χ0n) is 14.4. The lowest BCUT2D eigenvalue weighted by molar-refractivity contribution is -0.118. The van der Waals surface area contributed by atoms with Crippen LogP contribution in [0.15, 0.2) is 24.3 Å². The number of carbonyl (C=O) groups excluding carboxylic acids is 1. The number of para-hydroxylation sites is 1. The molecule has 1 amide bonds. The summed E-state index contributed by atoms with van der Waals surface area (Å²) in [4.78, 5) is 15.0. The second-order valence-corrected chi connectivity index (χ2v) is 7.91. The summed E-state index contributed by atoms with van der Waals surface area (Å²) in [5, 5.41) is 6.55. The van der Waals surface area contributed by atoms with Crippen molar-refractivity contribution in [2.24, 2.45) is 11.3 Å². The number of rotatable bonds is 3. The lowest BCUT2D eigenvalue weighted by Gasteiger charge is -2.38. The fourth-order valence-electron chi connectivity index (χ4n) is 4.69. The first-order valence-electron chi connectivity index (χ1n) is 8.98. The number of halogens is 1. The van der Waals surface area contributed by atoms with Crippen molar-refractivity contribution in [1.82, 2.24) is 10.2 Å². The number of carbonyl (C=O) groups is 1. The van der Waals surface area contributed by atoms with E-state index in [2.05, 4.69) is 34.6 Å². The summed E-state index contributed by atoms with van der Waals surface area (Å²) in [5.41, 5.74) is 2.67. The van der Waals surface area contributed by atoms with E-state index in [1.54, 1.807) is 0 Å². The van der Waals surface area contributed by atoms with Crippen LogP contribution in [0.25, 0.3) is 0 Å². The van der Waals surface area contributed by atoms with Crippen LogP contribution in [0, 0.1) is 11.3 Å². The molecule has 4 rings (SSSR count). The van der Waals surface area contributed by atoms with Crippen molar-refractivity contribution in [2.45, 2.75) is 32.1 Å². The lowest BCUT2D eigenvalue weighted by atomic mass is 9.80. The summed E-state index contributed by atoms with van der Waals surface area (Å²) >= 11 is 0. The molecule has 2 unspecified atom stereocenters. The molecule has 132 valence electrons. The summed E-state index contributed by atoms with van der Waals surface area (Å²) in [6.07, 6.45) is 3.55. The molecule has 1 aromatic rings. The highest BCUT2D eigenvalue weighted by molar-refractivity contribution is 6.03. The predicted molar refractivity (Wildman–Crippen MR) is 99.8 cm³/mol. The quantitative estimate of drug-likeness (QED) is 0.882. The summed E-state index contributed by atoms with van der Waals surface area (Å²) in [6.45, 7) is 8.16. The van der Waals surface area contributed by atoms with E-state index in [0.717, 1.165) is 44.7 Å². The zero-order valence-corrected chi connectivity index (χ0v) is 15.2. The number of fused-ring (bicyclic) bond motifs is 1. The van der Waals surface area contributed by atoms with E-state index in [1.165, 1.54) is 18.5 Å². The average Bonchev–Trinajstić information content (AvgIpc) is 3.11. The first-order valence-corrected chi connectivity index (χ1v) is 8.98. The number of piperidine rings is 1. The Morgan fingerprint density at radius 2 is 2.00 bits per heavy atom. The smallest absolute Gasteiger partial charge is 0.232 e. The molecule has 0 radical (unpaired) electrons. The number of nitrogens with one attached hydrogen (secondary N) is 2. The van der Waals surface area contributed by atoms with Crippen LogP contribution < -0.4 is 10.6 Å². The number of hydrogen-bond acceptors (Lipinski definition) is 3. The van der Waals surface area contributed by atoms with Gasteiger partial charge in [0.15, 0.2) is 0 Å². The number of anilines is 1. The average molecular weight is 350 g/mol. The predicted octanol–water partition coefficient (Wildman–Crippen LogP) is 2.86. The minimum Gasteiger partial charge on any atom is -0.325 e. The van der Waals surface area contributed by atoms with Gasteiger partial charge in [-0.3, -0.25) is 4.79 Å². The molecule has 3 heterocycles. The molecule has 1 aromatic carbocycles. The molecule has 2 N–H and O–H groups in total. The summed E-state index contributed by atoms with van der Waals surface area (Å²) in [6, 6.07) is 8.20. The van der Waals surface area contributed by atoms with Crippen LogP contribution in [0.1, 0.15) is 37.7 Å². The van der Waals surface area contributed by atoms with Crippen LogP contribution in [-0.2, 0) is 4.79 Å². The molecular weight excluding hydrogens is 322 g/mol. The minimum atomic E-state index is 0. The number of likely N-dealkylation sites (tertiary alicyclic amines) is 1. The van der Waals surface area contributed by atoms with Crippen molar-refractivity contribution in [3.63, 3.8) is 0 Å². The maximum atomic E-state index is 12.4. The van der Waals surface area contributed by atoms with E-state index in [9.17, 15) is 4.79 Å². The Kier molecular flexibility index (Phi) is 5.19. The monoisotopic (exact) mass is 349 g/mol. The van der Waals surface area contributed by atoms with Gasteiger partial charge in [-0.1, -0.05) is 25.1 Å². The van der Waals surface area contributed by atoms with Crippen molar-refractivity contribution in [3.05, 3.63) is 29.8 Å². The van der Waals surface area contributed by atoms with Gasteiger partial charge in [0.1, 0.15) is 0 Å². The topological polar surface area (TPSA) is 44.4 Å². The van der Waals surface area contributed by atoms with Gasteiger partial charge >= 0.3 is 0 Å². The summed E-state index contributed by atoms with van der Waals surface area (Å²) in [7, 11) is 0. The van der Waals surface area contributed by atoms with E-state index in [1.807, 2.05) is 12.1 Å². The second-order valence-electron chi connectivity index (χ2n) is 7.91. The van der Waals surface area contributed by atoms with E-state index >= 15 is 0 Å². The van der Waals surface area contributed by atoms with Gasteiger partial charge in [-0.15, -0.1) is 12.4 Å². The molecule has 5 heteroatoms. The molecule has 3 aliphatic rings. The Balaban J connectivity index is 0.00000169. The molecule has 2 atom stereocenters. The highest BCUT2D eigenvalue weighted by atomic mass is 35.5. The van der Waals surface area contributed by atoms with E-state index in [4.69, 9.17) is 0 Å². The van der Waals surface area contributed by atoms with Gasteiger partial charge < -0.3 is 15.5 Å². The summed E-state index contributed by atoms with van der Waals surface area (Å²) < 4.78 is 0. The summed E-state index contributed by atoms with van der Waals surface area (Å²) in [5.74, 6) is 0.762. The Hall–Kier alpha value is -1.10. The third-order valence-electron chi connectivity index (χ3n) is 6.00. The third-order valence-corrected chi connectivity index (χ3v) is 6.00. The van der Waals surface area contributed by atoms with E-state index < -0.39 is 0 Å². The first-order chi connectivity index (χ1) is 11.1. The van der Waals surface area contributed by atoms with E-state index in [-0.39, 0.29) is 24.2 Å². The maximum Gasteiger partial charge on any atom is 0.232 e. The standard InChI is InChI=1S/C19H27N3O.ClH/c1-19(8-9-20-12-19)13-22-10-6-14(7-11-22)17-15-4-2-3-5-16(15)21-18(17)23;/h2-5,14,17,20H,6-13H2,1H3,(H,21,23);1H.